The average Bonchev–Trinajstić information content (AvgIpc) is 2.64. The minimum Gasteiger partial charge on any atom is -0.507 e. The van der Waals surface area contributed by atoms with Crippen LogP contribution in [0.3, 0.4) is 0 Å². The van der Waals surface area contributed by atoms with E-state index in [1.54, 1.807) is 67.6 Å². The Morgan fingerprint density at radius 3 is 2.48 bits per heavy atom. The number of nitrogens with one attached hydrogen (secondary N) is 1. The van der Waals surface area contributed by atoms with Crippen LogP contribution in [0.2, 0.25) is 5.02 Å². The van der Waals surface area contributed by atoms with Crippen molar-refractivity contribution in [3.05, 3.63) is 82.9 Å². The monoisotopic (exact) mass is 400 g/mol. The Hall–Kier alpha value is -2.83. The first-order valence-electron chi connectivity index (χ1n) is 8.07. The first kappa shape index (κ1) is 18.9. The number of phenols is 1. The fraction of sp³-hybridized carbons (Fsp3) is 0.0500. The van der Waals surface area contributed by atoms with Crippen LogP contribution in [-0.2, 0) is 10.0 Å². The van der Waals surface area contributed by atoms with Gasteiger partial charge >= 0.3 is 0 Å². The first-order chi connectivity index (χ1) is 12.9. The van der Waals surface area contributed by atoms with Gasteiger partial charge < -0.3 is 5.11 Å². The van der Waals surface area contributed by atoms with E-state index in [2.05, 4.69) is 9.71 Å². The van der Waals surface area contributed by atoms with Crippen LogP contribution in [-0.4, -0.2) is 19.7 Å². The van der Waals surface area contributed by atoms with Crippen molar-refractivity contribution in [3.63, 3.8) is 0 Å². The highest BCUT2D eigenvalue weighted by molar-refractivity contribution is 7.92. The van der Waals surface area contributed by atoms with Gasteiger partial charge in [0.2, 0.25) is 0 Å². The molecular weight excluding hydrogens is 384 g/mol. The van der Waals surface area contributed by atoms with Crippen LogP contribution in [0.1, 0.15) is 11.1 Å². The number of anilines is 1. The van der Waals surface area contributed by atoms with Gasteiger partial charge in [0.05, 0.1) is 21.3 Å². The fourth-order valence-electron chi connectivity index (χ4n) is 2.44. The van der Waals surface area contributed by atoms with E-state index in [-0.39, 0.29) is 10.6 Å². The molecular formula is C20H17ClN2O3S. The van der Waals surface area contributed by atoms with E-state index in [1.807, 2.05) is 0 Å². The van der Waals surface area contributed by atoms with Crippen molar-refractivity contribution in [1.29, 1.82) is 0 Å². The highest BCUT2D eigenvalue weighted by Crippen LogP contribution is 2.27. The molecule has 0 fully saturated rings. The zero-order chi connectivity index (χ0) is 19.4. The van der Waals surface area contributed by atoms with Gasteiger partial charge in [0.15, 0.2) is 0 Å². The molecule has 2 N–H and O–H groups in total. The van der Waals surface area contributed by atoms with E-state index in [0.29, 0.717) is 27.5 Å². The van der Waals surface area contributed by atoms with Crippen molar-refractivity contribution < 1.29 is 13.5 Å². The molecule has 138 valence electrons. The summed E-state index contributed by atoms with van der Waals surface area (Å²) in [6.07, 6.45) is 1.48. The zero-order valence-electron chi connectivity index (χ0n) is 14.4. The Kier molecular flexibility index (Phi) is 5.48. The Balaban J connectivity index is 1.93. The number of benzene rings is 3. The second-order valence-electron chi connectivity index (χ2n) is 5.85. The minimum absolute atomic E-state index is 0.0987. The quantitative estimate of drug-likeness (QED) is 0.597. The van der Waals surface area contributed by atoms with E-state index in [4.69, 9.17) is 11.6 Å². The van der Waals surface area contributed by atoms with Crippen LogP contribution < -0.4 is 4.72 Å². The van der Waals surface area contributed by atoms with Crippen molar-refractivity contribution >= 4 is 39.2 Å². The Labute approximate surface area is 163 Å². The van der Waals surface area contributed by atoms with Gasteiger partial charge in [0, 0.05) is 11.8 Å². The van der Waals surface area contributed by atoms with E-state index >= 15 is 0 Å². The number of phenolic OH excluding ortho intramolecular Hbond substituents is 1. The lowest BCUT2D eigenvalue weighted by Crippen LogP contribution is -2.14. The number of hydrogen-bond donors (Lipinski definition) is 2. The van der Waals surface area contributed by atoms with Gasteiger partial charge in [-0.25, -0.2) is 8.42 Å². The zero-order valence-corrected chi connectivity index (χ0v) is 16.0. The number of aromatic hydroxyl groups is 1. The molecule has 0 unspecified atom stereocenters. The molecule has 0 saturated carbocycles. The molecule has 0 spiro atoms. The summed E-state index contributed by atoms with van der Waals surface area (Å²) >= 11 is 6.05. The Morgan fingerprint density at radius 1 is 1.04 bits per heavy atom. The van der Waals surface area contributed by atoms with Crippen LogP contribution in [0.5, 0.6) is 5.75 Å². The van der Waals surface area contributed by atoms with Crippen LogP contribution >= 0.6 is 11.6 Å². The van der Waals surface area contributed by atoms with Gasteiger partial charge in [-0.1, -0.05) is 41.9 Å². The number of halogens is 1. The maximum absolute atomic E-state index is 12.8. The summed E-state index contributed by atoms with van der Waals surface area (Å²) in [4.78, 5) is 4.38. The molecule has 27 heavy (non-hydrogen) atoms. The highest BCUT2D eigenvalue weighted by Gasteiger charge is 2.18. The van der Waals surface area contributed by atoms with E-state index in [1.165, 1.54) is 12.3 Å². The lowest BCUT2D eigenvalue weighted by atomic mass is 10.2. The first-order valence-corrected chi connectivity index (χ1v) is 9.93. The second-order valence-corrected chi connectivity index (χ2v) is 7.91. The van der Waals surface area contributed by atoms with E-state index in [9.17, 15) is 13.5 Å². The van der Waals surface area contributed by atoms with Gasteiger partial charge in [-0.3, -0.25) is 9.71 Å². The van der Waals surface area contributed by atoms with Gasteiger partial charge in [-0.15, -0.1) is 0 Å². The average molecular weight is 401 g/mol. The summed E-state index contributed by atoms with van der Waals surface area (Å²) < 4.78 is 28.1. The van der Waals surface area contributed by atoms with Crippen LogP contribution in [0.15, 0.2) is 76.6 Å². The van der Waals surface area contributed by atoms with E-state index < -0.39 is 10.0 Å². The molecule has 0 aliphatic rings. The number of aryl methyl sites for hydroxylation is 1. The molecule has 0 atom stereocenters. The third-order valence-electron chi connectivity index (χ3n) is 3.87. The molecule has 0 bridgehead atoms. The standard InChI is InChI=1S/C20H17ClN2O3S/c1-14-10-11-16(22-13-15-6-2-5-9-19(15)24)12-20(14)27(25,26)23-18-8-4-3-7-17(18)21/h2-13,23-24H,1H3. The number of hydrogen-bond acceptors (Lipinski definition) is 4. The van der Waals surface area contributed by atoms with Gasteiger partial charge in [-0.05, 0) is 48.9 Å². The summed E-state index contributed by atoms with van der Waals surface area (Å²) in [5.74, 6) is 0.0987. The number of aliphatic imine (C=N–C) groups is 1. The van der Waals surface area contributed by atoms with Crippen molar-refractivity contribution in [3.8, 4) is 5.75 Å². The predicted octanol–water partition coefficient (Wildman–Crippen LogP) is 4.91. The van der Waals surface area contributed by atoms with Crippen molar-refractivity contribution in [1.82, 2.24) is 0 Å². The maximum atomic E-state index is 12.8. The van der Waals surface area contributed by atoms with Crippen molar-refractivity contribution in [2.75, 3.05) is 4.72 Å². The molecule has 3 rings (SSSR count). The molecule has 0 radical (unpaired) electrons. The number of para-hydroxylation sites is 2. The van der Waals surface area contributed by atoms with Gasteiger partial charge in [0.25, 0.3) is 10.0 Å². The molecule has 0 aliphatic heterocycles. The van der Waals surface area contributed by atoms with Crippen molar-refractivity contribution in [2.45, 2.75) is 11.8 Å². The molecule has 7 heteroatoms. The second kappa shape index (κ2) is 7.82. The maximum Gasteiger partial charge on any atom is 0.262 e. The van der Waals surface area contributed by atoms with Crippen LogP contribution in [0.4, 0.5) is 11.4 Å². The summed E-state index contributed by atoms with van der Waals surface area (Å²) in [5, 5.41) is 10.1. The molecule has 0 aromatic heterocycles. The number of sulfonamides is 1. The van der Waals surface area contributed by atoms with Gasteiger partial charge in [-0.2, -0.15) is 0 Å². The fourth-order valence-corrected chi connectivity index (χ4v) is 4.03. The Bertz CT molecular complexity index is 1110. The van der Waals surface area contributed by atoms with Crippen molar-refractivity contribution in [2.24, 2.45) is 4.99 Å². The molecule has 5 nitrogen and oxygen atoms in total. The minimum atomic E-state index is -3.84. The van der Waals surface area contributed by atoms with Crippen LogP contribution in [0.25, 0.3) is 0 Å². The number of nitrogens with zero attached hydrogens (tertiary/aromatic N) is 1. The third-order valence-corrected chi connectivity index (χ3v) is 5.71. The normalized spacial score (nSPS) is 11.6. The SMILES string of the molecule is Cc1ccc(N=Cc2ccccc2O)cc1S(=O)(=O)Nc1ccccc1Cl. The topological polar surface area (TPSA) is 78.8 Å². The summed E-state index contributed by atoms with van der Waals surface area (Å²) in [7, 11) is -3.84. The van der Waals surface area contributed by atoms with Crippen LogP contribution in [0, 0.1) is 6.92 Å². The molecule has 0 heterocycles. The molecule has 0 saturated heterocycles. The summed E-state index contributed by atoms with van der Waals surface area (Å²) in [6.45, 7) is 1.71. The smallest absolute Gasteiger partial charge is 0.262 e. The van der Waals surface area contributed by atoms with E-state index in [0.717, 1.165) is 0 Å². The van der Waals surface area contributed by atoms with Gasteiger partial charge in [0.1, 0.15) is 5.75 Å². The lowest BCUT2D eigenvalue weighted by Gasteiger charge is -2.12. The number of rotatable bonds is 5. The largest absolute Gasteiger partial charge is 0.507 e. The molecule has 3 aromatic rings. The molecule has 3 aromatic carbocycles. The third kappa shape index (κ3) is 4.48. The summed E-state index contributed by atoms with van der Waals surface area (Å²) in [5.41, 5.74) is 1.87. The highest BCUT2D eigenvalue weighted by atomic mass is 35.5. The summed E-state index contributed by atoms with van der Waals surface area (Å²) in [6, 6.07) is 18.2. The Morgan fingerprint density at radius 2 is 1.74 bits per heavy atom. The molecule has 0 aliphatic carbocycles. The molecule has 0 amide bonds. The predicted molar refractivity (Wildman–Crippen MR) is 109 cm³/mol. The lowest BCUT2D eigenvalue weighted by molar-refractivity contribution is 0.474.